The van der Waals surface area contributed by atoms with Crippen molar-refractivity contribution >= 4 is 0 Å². The van der Waals surface area contributed by atoms with E-state index in [1.807, 2.05) is 24.3 Å². The van der Waals surface area contributed by atoms with E-state index in [0.29, 0.717) is 0 Å². The molecule has 1 rings (SSSR count). The highest BCUT2D eigenvalue weighted by molar-refractivity contribution is 5.31. The van der Waals surface area contributed by atoms with Crippen LogP contribution in [-0.4, -0.2) is 33.4 Å². The SMILES string of the molecule is COc1ccc(OCCCNCCCN)cc1. The summed E-state index contributed by atoms with van der Waals surface area (Å²) in [5.74, 6) is 1.73. The smallest absolute Gasteiger partial charge is 0.119 e. The minimum absolute atomic E-state index is 0.724. The minimum Gasteiger partial charge on any atom is -0.497 e. The quantitative estimate of drug-likeness (QED) is 0.639. The van der Waals surface area contributed by atoms with Crippen molar-refractivity contribution in [3.63, 3.8) is 0 Å². The molecule has 1 aromatic rings. The molecule has 0 aliphatic rings. The van der Waals surface area contributed by atoms with Crippen molar-refractivity contribution < 1.29 is 9.47 Å². The number of rotatable bonds is 9. The zero-order valence-electron chi connectivity index (χ0n) is 10.4. The van der Waals surface area contributed by atoms with E-state index in [1.54, 1.807) is 7.11 Å². The lowest BCUT2D eigenvalue weighted by Gasteiger charge is -2.07. The number of hydrogen-bond donors (Lipinski definition) is 2. The molecule has 0 aliphatic heterocycles. The molecule has 0 radical (unpaired) electrons. The molecule has 0 heterocycles. The lowest BCUT2D eigenvalue weighted by molar-refractivity contribution is 0.307. The number of methoxy groups -OCH3 is 1. The molecule has 0 saturated heterocycles. The van der Waals surface area contributed by atoms with E-state index < -0.39 is 0 Å². The molecule has 0 bridgehead atoms. The van der Waals surface area contributed by atoms with Gasteiger partial charge >= 0.3 is 0 Å². The number of hydrogen-bond acceptors (Lipinski definition) is 4. The highest BCUT2D eigenvalue weighted by Gasteiger charge is 1.95. The fraction of sp³-hybridized carbons (Fsp3) is 0.538. The van der Waals surface area contributed by atoms with E-state index in [0.717, 1.165) is 50.6 Å². The molecule has 4 heteroatoms. The zero-order chi connectivity index (χ0) is 12.3. The van der Waals surface area contributed by atoms with Gasteiger partial charge in [0.2, 0.25) is 0 Å². The van der Waals surface area contributed by atoms with Crippen molar-refractivity contribution in [2.75, 3.05) is 33.4 Å². The summed E-state index contributed by atoms with van der Waals surface area (Å²) in [6, 6.07) is 7.63. The molecular weight excluding hydrogens is 216 g/mol. The van der Waals surface area contributed by atoms with Gasteiger partial charge < -0.3 is 20.5 Å². The Bertz CT molecular complexity index is 288. The van der Waals surface area contributed by atoms with Gasteiger partial charge in [-0.15, -0.1) is 0 Å². The Balaban J connectivity index is 2.05. The lowest BCUT2D eigenvalue weighted by Crippen LogP contribution is -2.20. The molecule has 0 aliphatic carbocycles. The van der Waals surface area contributed by atoms with Crippen LogP contribution in [-0.2, 0) is 0 Å². The fourth-order valence-corrected chi connectivity index (χ4v) is 1.41. The van der Waals surface area contributed by atoms with Gasteiger partial charge in [-0.1, -0.05) is 0 Å². The first kappa shape index (κ1) is 13.8. The predicted octanol–water partition coefficient (Wildman–Crippen LogP) is 1.40. The molecule has 17 heavy (non-hydrogen) atoms. The molecule has 4 nitrogen and oxygen atoms in total. The van der Waals surface area contributed by atoms with Gasteiger partial charge in [0.25, 0.3) is 0 Å². The summed E-state index contributed by atoms with van der Waals surface area (Å²) in [5, 5.41) is 3.31. The van der Waals surface area contributed by atoms with Crippen LogP contribution in [0, 0.1) is 0 Å². The molecule has 0 amide bonds. The predicted molar refractivity (Wildman–Crippen MR) is 69.6 cm³/mol. The van der Waals surface area contributed by atoms with Gasteiger partial charge in [0, 0.05) is 0 Å². The number of nitrogens with one attached hydrogen (secondary N) is 1. The first-order valence-electron chi connectivity index (χ1n) is 6.04. The lowest BCUT2D eigenvalue weighted by atomic mass is 10.3. The summed E-state index contributed by atoms with van der Waals surface area (Å²) in [4.78, 5) is 0. The Labute approximate surface area is 103 Å². The third-order valence-electron chi connectivity index (χ3n) is 2.38. The maximum absolute atomic E-state index is 5.59. The maximum Gasteiger partial charge on any atom is 0.119 e. The molecule has 0 spiro atoms. The fourth-order valence-electron chi connectivity index (χ4n) is 1.41. The molecule has 0 atom stereocenters. The van der Waals surface area contributed by atoms with Crippen molar-refractivity contribution in [3.05, 3.63) is 24.3 Å². The van der Waals surface area contributed by atoms with Gasteiger partial charge in [0.05, 0.1) is 13.7 Å². The van der Waals surface area contributed by atoms with Crippen molar-refractivity contribution in [1.82, 2.24) is 5.32 Å². The minimum atomic E-state index is 0.724. The first-order chi connectivity index (χ1) is 8.36. The Hall–Kier alpha value is -1.26. The molecule has 0 fully saturated rings. The normalized spacial score (nSPS) is 10.2. The van der Waals surface area contributed by atoms with Gasteiger partial charge in [-0.05, 0) is 56.7 Å². The number of benzene rings is 1. The Morgan fingerprint density at radius 1 is 1.06 bits per heavy atom. The second-order valence-electron chi connectivity index (χ2n) is 3.77. The van der Waals surface area contributed by atoms with E-state index in [4.69, 9.17) is 15.2 Å². The monoisotopic (exact) mass is 238 g/mol. The molecule has 96 valence electrons. The molecule has 0 unspecified atom stereocenters. The molecule has 1 aromatic carbocycles. The third-order valence-corrected chi connectivity index (χ3v) is 2.38. The summed E-state index contributed by atoms with van der Waals surface area (Å²) in [6.07, 6.45) is 2.02. The van der Waals surface area contributed by atoms with Gasteiger partial charge in [0.1, 0.15) is 11.5 Å². The van der Waals surface area contributed by atoms with Gasteiger partial charge in [-0.25, -0.2) is 0 Å². The van der Waals surface area contributed by atoms with Crippen LogP contribution in [0.3, 0.4) is 0 Å². The van der Waals surface area contributed by atoms with Crippen LogP contribution in [0.2, 0.25) is 0 Å². The van der Waals surface area contributed by atoms with Crippen LogP contribution < -0.4 is 20.5 Å². The standard InChI is InChI=1S/C13H22N2O2/c1-16-12-4-6-13(7-5-12)17-11-3-10-15-9-2-8-14/h4-7,15H,2-3,8-11,14H2,1H3. The number of nitrogens with two attached hydrogens (primary N) is 1. The second-order valence-corrected chi connectivity index (χ2v) is 3.77. The van der Waals surface area contributed by atoms with E-state index in [1.165, 1.54) is 0 Å². The summed E-state index contributed by atoms with van der Waals surface area (Å²) in [7, 11) is 1.66. The maximum atomic E-state index is 5.59. The zero-order valence-corrected chi connectivity index (χ0v) is 10.4. The summed E-state index contributed by atoms with van der Waals surface area (Å²) in [5.41, 5.74) is 5.39. The second kappa shape index (κ2) is 8.84. The van der Waals surface area contributed by atoms with Crippen LogP contribution in [0.4, 0.5) is 0 Å². The Kier molecular flexibility index (Phi) is 7.18. The largest absolute Gasteiger partial charge is 0.497 e. The summed E-state index contributed by atoms with van der Waals surface area (Å²) >= 11 is 0. The number of ether oxygens (including phenoxy) is 2. The molecule has 0 aromatic heterocycles. The molecular formula is C13H22N2O2. The van der Waals surface area contributed by atoms with Crippen LogP contribution in [0.1, 0.15) is 12.8 Å². The van der Waals surface area contributed by atoms with Crippen molar-refractivity contribution in [3.8, 4) is 11.5 Å². The topological polar surface area (TPSA) is 56.5 Å². The van der Waals surface area contributed by atoms with E-state index in [2.05, 4.69) is 5.32 Å². The molecule has 0 saturated carbocycles. The van der Waals surface area contributed by atoms with Crippen molar-refractivity contribution in [2.24, 2.45) is 5.73 Å². The van der Waals surface area contributed by atoms with Crippen LogP contribution in [0.15, 0.2) is 24.3 Å². The van der Waals surface area contributed by atoms with Crippen LogP contribution >= 0.6 is 0 Å². The Morgan fingerprint density at radius 2 is 1.71 bits per heavy atom. The van der Waals surface area contributed by atoms with Gasteiger partial charge in [-0.2, -0.15) is 0 Å². The van der Waals surface area contributed by atoms with E-state index >= 15 is 0 Å². The average molecular weight is 238 g/mol. The van der Waals surface area contributed by atoms with E-state index in [9.17, 15) is 0 Å². The highest BCUT2D eigenvalue weighted by atomic mass is 16.5. The first-order valence-corrected chi connectivity index (χ1v) is 6.04. The Morgan fingerprint density at radius 3 is 2.35 bits per heavy atom. The van der Waals surface area contributed by atoms with Crippen LogP contribution in [0.25, 0.3) is 0 Å². The van der Waals surface area contributed by atoms with Gasteiger partial charge in [0.15, 0.2) is 0 Å². The average Bonchev–Trinajstić information content (AvgIpc) is 2.38. The van der Waals surface area contributed by atoms with Crippen LogP contribution in [0.5, 0.6) is 11.5 Å². The van der Waals surface area contributed by atoms with E-state index in [-0.39, 0.29) is 0 Å². The van der Waals surface area contributed by atoms with Crippen molar-refractivity contribution in [2.45, 2.75) is 12.8 Å². The third kappa shape index (κ3) is 6.14. The summed E-state index contributed by atoms with van der Waals surface area (Å²) < 4.78 is 10.7. The highest BCUT2D eigenvalue weighted by Crippen LogP contribution is 2.16. The summed E-state index contributed by atoms with van der Waals surface area (Å²) in [6.45, 7) is 3.42. The van der Waals surface area contributed by atoms with Crippen molar-refractivity contribution in [1.29, 1.82) is 0 Å². The van der Waals surface area contributed by atoms with Gasteiger partial charge in [-0.3, -0.25) is 0 Å². The molecule has 3 N–H and O–H groups in total.